The highest BCUT2D eigenvalue weighted by molar-refractivity contribution is 5.98. The molecule has 2 N–H and O–H groups in total. The molecule has 31 heavy (non-hydrogen) atoms. The fourth-order valence-corrected chi connectivity index (χ4v) is 3.54. The van der Waals surface area contributed by atoms with Crippen LogP contribution in [0.4, 0.5) is 0 Å². The number of amides is 3. The summed E-state index contributed by atoms with van der Waals surface area (Å²) in [5, 5.41) is 4.73. The normalized spacial score (nSPS) is 13.8. The van der Waals surface area contributed by atoms with Crippen molar-refractivity contribution in [3.8, 4) is 11.1 Å². The third-order valence-electron chi connectivity index (χ3n) is 5.25. The first-order valence-electron chi connectivity index (χ1n) is 10.5. The van der Waals surface area contributed by atoms with Crippen LogP contribution in [0.15, 0.2) is 54.6 Å². The molecule has 2 aromatic rings. The van der Waals surface area contributed by atoms with Gasteiger partial charge in [-0.25, -0.2) is 0 Å². The van der Waals surface area contributed by atoms with Crippen molar-refractivity contribution in [1.82, 2.24) is 10.6 Å². The summed E-state index contributed by atoms with van der Waals surface area (Å²) < 4.78 is 4.84. The molecular formula is C24H26N2O5. The average molecular weight is 422 g/mol. The van der Waals surface area contributed by atoms with Gasteiger partial charge in [0.05, 0.1) is 0 Å². The lowest BCUT2D eigenvalue weighted by Crippen LogP contribution is -2.39. The quantitative estimate of drug-likeness (QED) is 0.668. The Hall–Kier alpha value is -3.48. The van der Waals surface area contributed by atoms with Crippen LogP contribution in [0.2, 0.25) is 0 Å². The van der Waals surface area contributed by atoms with Gasteiger partial charge in [0.15, 0.2) is 6.61 Å². The Labute approximate surface area is 181 Å². The second-order valence-corrected chi connectivity index (χ2v) is 7.53. The van der Waals surface area contributed by atoms with Gasteiger partial charge in [-0.05, 0) is 36.1 Å². The third kappa shape index (κ3) is 6.77. The van der Waals surface area contributed by atoms with Crippen molar-refractivity contribution < 1.29 is 23.9 Å². The summed E-state index contributed by atoms with van der Waals surface area (Å²) in [5.41, 5.74) is 2.42. The van der Waals surface area contributed by atoms with Crippen LogP contribution in [0.1, 0.15) is 42.5 Å². The Morgan fingerprint density at radius 2 is 1.48 bits per heavy atom. The minimum Gasteiger partial charge on any atom is -0.454 e. The number of carbonyl (C=O) groups excluding carboxylic acids is 4. The summed E-state index contributed by atoms with van der Waals surface area (Å²) >= 11 is 0. The van der Waals surface area contributed by atoms with Gasteiger partial charge in [-0.2, -0.15) is 0 Å². The maximum Gasteiger partial charge on any atom is 0.325 e. The number of carbonyl (C=O) groups is 4. The molecule has 0 spiro atoms. The summed E-state index contributed by atoms with van der Waals surface area (Å²) in [6, 6.07) is 16.8. The van der Waals surface area contributed by atoms with Crippen molar-refractivity contribution in [3.63, 3.8) is 0 Å². The zero-order valence-corrected chi connectivity index (χ0v) is 17.3. The summed E-state index contributed by atoms with van der Waals surface area (Å²) in [4.78, 5) is 47.8. The van der Waals surface area contributed by atoms with Gasteiger partial charge in [0.1, 0.15) is 6.54 Å². The van der Waals surface area contributed by atoms with Gasteiger partial charge in [0.2, 0.25) is 5.91 Å². The molecule has 7 heteroatoms. The molecule has 0 aliphatic heterocycles. The number of nitrogens with one attached hydrogen (secondary N) is 2. The van der Waals surface area contributed by atoms with E-state index in [9.17, 15) is 19.2 Å². The predicted octanol–water partition coefficient (Wildman–Crippen LogP) is 2.85. The zero-order valence-electron chi connectivity index (χ0n) is 17.3. The van der Waals surface area contributed by atoms with Crippen molar-refractivity contribution in [3.05, 3.63) is 60.2 Å². The molecule has 3 rings (SSSR count). The second-order valence-electron chi connectivity index (χ2n) is 7.53. The summed E-state index contributed by atoms with van der Waals surface area (Å²) in [6.45, 7) is -0.929. The van der Waals surface area contributed by atoms with E-state index in [0.717, 1.165) is 43.2 Å². The number of hydrogen-bond acceptors (Lipinski definition) is 5. The highest BCUT2D eigenvalue weighted by atomic mass is 16.5. The van der Waals surface area contributed by atoms with Crippen molar-refractivity contribution in [2.24, 2.45) is 5.92 Å². The first-order valence-corrected chi connectivity index (χ1v) is 10.5. The number of rotatable bonds is 7. The number of benzene rings is 2. The number of hydrogen-bond donors (Lipinski definition) is 2. The Kier molecular flexibility index (Phi) is 7.92. The molecule has 1 aliphatic carbocycles. The van der Waals surface area contributed by atoms with E-state index in [-0.39, 0.29) is 18.4 Å². The highest BCUT2D eigenvalue weighted by Gasteiger charge is 2.23. The van der Waals surface area contributed by atoms with Crippen LogP contribution in [-0.2, 0) is 19.1 Å². The maximum atomic E-state index is 12.2. The minimum absolute atomic E-state index is 0.152. The van der Waals surface area contributed by atoms with E-state index in [1.165, 1.54) is 0 Å². The molecule has 0 saturated heterocycles. The van der Waals surface area contributed by atoms with E-state index in [4.69, 9.17) is 4.74 Å². The smallest absolute Gasteiger partial charge is 0.325 e. The van der Waals surface area contributed by atoms with Crippen LogP contribution in [0.3, 0.4) is 0 Å². The average Bonchev–Trinajstić information content (AvgIpc) is 2.82. The number of ether oxygens (including phenoxy) is 1. The molecule has 3 amide bonds. The van der Waals surface area contributed by atoms with Gasteiger partial charge < -0.3 is 10.1 Å². The van der Waals surface area contributed by atoms with Crippen LogP contribution >= 0.6 is 0 Å². The van der Waals surface area contributed by atoms with Gasteiger partial charge in [-0.3, -0.25) is 24.5 Å². The fourth-order valence-electron chi connectivity index (χ4n) is 3.54. The van der Waals surface area contributed by atoms with Crippen molar-refractivity contribution in [1.29, 1.82) is 0 Å². The number of esters is 1. The van der Waals surface area contributed by atoms with Crippen molar-refractivity contribution >= 4 is 23.7 Å². The van der Waals surface area contributed by atoms with Gasteiger partial charge in [0.25, 0.3) is 11.8 Å². The molecule has 0 heterocycles. The molecule has 1 aliphatic rings. The van der Waals surface area contributed by atoms with Crippen molar-refractivity contribution in [2.45, 2.75) is 32.1 Å². The van der Waals surface area contributed by atoms with Crippen LogP contribution in [0.25, 0.3) is 11.1 Å². The van der Waals surface area contributed by atoms with Crippen LogP contribution in [-0.4, -0.2) is 36.8 Å². The van der Waals surface area contributed by atoms with E-state index in [0.29, 0.717) is 5.56 Å². The first-order chi connectivity index (χ1) is 15.0. The van der Waals surface area contributed by atoms with Gasteiger partial charge >= 0.3 is 5.97 Å². The fraction of sp³-hybridized carbons (Fsp3) is 0.333. The Balaban J connectivity index is 1.38. The minimum atomic E-state index is -0.755. The molecule has 0 unspecified atom stereocenters. The molecule has 1 saturated carbocycles. The van der Waals surface area contributed by atoms with E-state index in [1.54, 1.807) is 12.1 Å². The second kappa shape index (κ2) is 11.1. The molecule has 0 aromatic heterocycles. The van der Waals surface area contributed by atoms with E-state index in [1.807, 2.05) is 42.5 Å². The standard InChI is InChI=1S/C24H26N2O5/c27-21(26-24(30)19-9-5-2-6-10-19)16-31-22(28)15-25-23(29)20-13-11-18(12-14-20)17-7-3-1-4-8-17/h1,3-4,7-8,11-14,19H,2,5-6,9-10,15-16H2,(H,25,29)(H,26,27,30). The van der Waals surface area contributed by atoms with E-state index in [2.05, 4.69) is 10.6 Å². The highest BCUT2D eigenvalue weighted by Crippen LogP contribution is 2.23. The monoisotopic (exact) mass is 422 g/mol. The van der Waals surface area contributed by atoms with Crippen LogP contribution < -0.4 is 10.6 Å². The zero-order chi connectivity index (χ0) is 22.1. The largest absolute Gasteiger partial charge is 0.454 e. The van der Waals surface area contributed by atoms with Gasteiger partial charge in [-0.1, -0.05) is 61.7 Å². The molecule has 0 atom stereocenters. The molecular weight excluding hydrogens is 396 g/mol. The number of imide groups is 1. The third-order valence-corrected chi connectivity index (χ3v) is 5.25. The lowest BCUT2D eigenvalue weighted by molar-refractivity contribution is -0.149. The molecule has 0 bridgehead atoms. The Morgan fingerprint density at radius 1 is 0.839 bits per heavy atom. The van der Waals surface area contributed by atoms with E-state index < -0.39 is 24.4 Å². The SMILES string of the molecule is O=C(COC(=O)CNC(=O)c1ccc(-c2ccccc2)cc1)NC(=O)C1CCCCC1. The van der Waals surface area contributed by atoms with Gasteiger partial charge in [-0.15, -0.1) is 0 Å². The summed E-state index contributed by atoms with van der Waals surface area (Å²) in [7, 11) is 0. The van der Waals surface area contributed by atoms with Crippen LogP contribution in [0.5, 0.6) is 0 Å². The van der Waals surface area contributed by atoms with Crippen molar-refractivity contribution in [2.75, 3.05) is 13.2 Å². The van der Waals surface area contributed by atoms with E-state index >= 15 is 0 Å². The van der Waals surface area contributed by atoms with Crippen LogP contribution in [0, 0.1) is 5.92 Å². The summed E-state index contributed by atoms with van der Waals surface area (Å²) in [5.74, 6) is -2.30. The Bertz CT molecular complexity index is 919. The topological polar surface area (TPSA) is 102 Å². The lowest BCUT2D eigenvalue weighted by atomic mass is 9.89. The molecule has 0 radical (unpaired) electrons. The first kappa shape index (κ1) is 22.2. The lowest BCUT2D eigenvalue weighted by Gasteiger charge is -2.20. The molecule has 1 fully saturated rings. The Morgan fingerprint density at radius 3 is 2.16 bits per heavy atom. The molecule has 2 aromatic carbocycles. The van der Waals surface area contributed by atoms with Gasteiger partial charge in [0, 0.05) is 11.5 Å². The molecule has 162 valence electrons. The summed E-state index contributed by atoms with van der Waals surface area (Å²) in [6.07, 6.45) is 4.62. The maximum absolute atomic E-state index is 12.2. The molecule has 7 nitrogen and oxygen atoms in total. The predicted molar refractivity (Wildman–Crippen MR) is 115 cm³/mol.